The molecule has 1 amide bonds. The van der Waals surface area contributed by atoms with Crippen LogP contribution in [0.2, 0.25) is 0 Å². The number of rotatable bonds is 3. The van der Waals surface area contributed by atoms with Gasteiger partial charge in [-0.1, -0.05) is 0 Å². The fourth-order valence-corrected chi connectivity index (χ4v) is 4.28. The first-order valence-electron chi connectivity index (χ1n) is 7.58. The summed E-state index contributed by atoms with van der Waals surface area (Å²) in [6, 6.07) is 0.182. The first-order valence-corrected chi connectivity index (χ1v) is 9.40. The highest BCUT2D eigenvalue weighted by atomic mass is 32.2. The molecule has 0 aromatic carbocycles. The Hall–Kier alpha value is -1.48. The van der Waals surface area contributed by atoms with E-state index in [4.69, 9.17) is 0 Å². The number of hydrogen-bond donors (Lipinski definition) is 0. The number of piperidine rings is 1. The molecule has 1 aromatic rings. The second-order valence-corrected chi connectivity index (χ2v) is 8.24. The summed E-state index contributed by atoms with van der Waals surface area (Å²) < 4.78 is 24.7. The van der Waals surface area contributed by atoms with Gasteiger partial charge in [-0.05, 0) is 12.8 Å². The molecule has 1 aromatic heterocycles. The number of aromatic nitrogens is 3. The van der Waals surface area contributed by atoms with Gasteiger partial charge in [-0.2, -0.15) is 5.10 Å². The van der Waals surface area contributed by atoms with Gasteiger partial charge in [0.1, 0.15) is 12.7 Å². The van der Waals surface area contributed by atoms with Gasteiger partial charge in [0, 0.05) is 26.2 Å². The summed E-state index contributed by atoms with van der Waals surface area (Å²) in [4.78, 5) is 20.2. The zero-order chi connectivity index (χ0) is 15.6. The molecule has 22 heavy (non-hydrogen) atoms. The van der Waals surface area contributed by atoms with Crippen LogP contribution in [0, 0.1) is 0 Å². The Morgan fingerprint density at radius 3 is 2.68 bits per heavy atom. The number of carbonyl (C=O) groups excluding carboxylic acids is 1. The first-order chi connectivity index (χ1) is 10.5. The van der Waals surface area contributed by atoms with Gasteiger partial charge in [0.2, 0.25) is 5.91 Å². The molecule has 1 unspecified atom stereocenters. The second-order valence-electron chi connectivity index (χ2n) is 5.94. The Morgan fingerprint density at radius 2 is 2.00 bits per heavy atom. The zero-order valence-electron chi connectivity index (χ0n) is 12.5. The summed E-state index contributed by atoms with van der Waals surface area (Å²) >= 11 is 0. The van der Waals surface area contributed by atoms with Crippen LogP contribution in [-0.2, 0) is 14.6 Å². The van der Waals surface area contributed by atoms with Crippen molar-refractivity contribution in [2.24, 2.45) is 0 Å². The standard InChI is InChI=1S/C13H21N5O3S/c19-13(9-16-4-6-22(20,21)7-5-16)17-3-1-2-12(8-17)18-11-14-10-15-18/h10-12H,1-9H2. The topological polar surface area (TPSA) is 88.4 Å². The Morgan fingerprint density at radius 1 is 1.23 bits per heavy atom. The number of carbonyl (C=O) groups is 1. The summed E-state index contributed by atoms with van der Waals surface area (Å²) in [6.45, 7) is 2.62. The van der Waals surface area contributed by atoms with Crippen LogP contribution in [0.3, 0.4) is 0 Å². The highest BCUT2D eigenvalue weighted by Crippen LogP contribution is 2.20. The molecular formula is C13H21N5O3S. The molecule has 1 atom stereocenters. The van der Waals surface area contributed by atoms with Gasteiger partial charge in [0.05, 0.1) is 24.1 Å². The molecule has 122 valence electrons. The average Bonchev–Trinajstić information content (AvgIpc) is 3.04. The normalized spacial score (nSPS) is 26.0. The van der Waals surface area contributed by atoms with Crippen LogP contribution in [0.25, 0.3) is 0 Å². The summed E-state index contributed by atoms with van der Waals surface area (Å²) in [5.74, 6) is 0.383. The minimum absolute atomic E-state index is 0.0733. The van der Waals surface area contributed by atoms with Crippen LogP contribution in [0.5, 0.6) is 0 Å². The molecule has 2 fully saturated rings. The van der Waals surface area contributed by atoms with E-state index in [-0.39, 0.29) is 23.5 Å². The number of hydrogen-bond acceptors (Lipinski definition) is 6. The molecule has 0 N–H and O–H groups in total. The third-order valence-corrected chi connectivity index (χ3v) is 5.97. The maximum Gasteiger partial charge on any atom is 0.236 e. The third kappa shape index (κ3) is 3.64. The lowest BCUT2D eigenvalue weighted by Gasteiger charge is -2.34. The van der Waals surface area contributed by atoms with E-state index >= 15 is 0 Å². The minimum Gasteiger partial charge on any atom is -0.339 e. The molecular weight excluding hydrogens is 306 g/mol. The molecule has 0 radical (unpaired) electrons. The number of sulfone groups is 1. The summed E-state index contributed by atoms with van der Waals surface area (Å²) in [5, 5.41) is 4.16. The predicted molar refractivity (Wildman–Crippen MR) is 80.0 cm³/mol. The Balaban J connectivity index is 1.54. The lowest BCUT2D eigenvalue weighted by Crippen LogP contribution is -2.49. The lowest BCUT2D eigenvalue weighted by molar-refractivity contribution is -0.134. The van der Waals surface area contributed by atoms with E-state index in [0.29, 0.717) is 26.2 Å². The number of likely N-dealkylation sites (tertiary alicyclic amines) is 1. The van der Waals surface area contributed by atoms with Crippen molar-refractivity contribution in [2.45, 2.75) is 18.9 Å². The van der Waals surface area contributed by atoms with Crippen molar-refractivity contribution in [1.82, 2.24) is 24.6 Å². The van der Waals surface area contributed by atoms with E-state index in [9.17, 15) is 13.2 Å². The molecule has 9 heteroatoms. The van der Waals surface area contributed by atoms with Gasteiger partial charge in [-0.3, -0.25) is 9.69 Å². The largest absolute Gasteiger partial charge is 0.339 e. The van der Waals surface area contributed by atoms with Crippen LogP contribution in [0.1, 0.15) is 18.9 Å². The van der Waals surface area contributed by atoms with Gasteiger partial charge in [-0.15, -0.1) is 0 Å². The highest BCUT2D eigenvalue weighted by molar-refractivity contribution is 7.91. The van der Waals surface area contributed by atoms with Crippen molar-refractivity contribution in [1.29, 1.82) is 0 Å². The van der Waals surface area contributed by atoms with Crippen molar-refractivity contribution >= 4 is 15.7 Å². The zero-order valence-corrected chi connectivity index (χ0v) is 13.3. The van der Waals surface area contributed by atoms with Gasteiger partial charge in [0.15, 0.2) is 9.84 Å². The monoisotopic (exact) mass is 327 g/mol. The third-order valence-electron chi connectivity index (χ3n) is 4.36. The Labute approximate surface area is 130 Å². The van der Waals surface area contributed by atoms with Crippen molar-refractivity contribution in [3.05, 3.63) is 12.7 Å². The first kappa shape index (κ1) is 15.4. The van der Waals surface area contributed by atoms with Crippen molar-refractivity contribution in [3.63, 3.8) is 0 Å². The molecule has 3 rings (SSSR count). The second kappa shape index (κ2) is 6.33. The minimum atomic E-state index is -2.90. The molecule has 3 heterocycles. The fraction of sp³-hybridized carbons (Fsp3) is 0.769. The van der Waals surface area contributed by atoms with Gasteiger partial charge >= 0.3 is 0 Å². The lowest BCUT2D eigenvalue weighted by atomic mass is 10.1. The molecule has 8 nitrogen and oxygen atoms in total. The van der Waals surface area contributed by atoms with Crippen LogP contribution < -0.4 is 0 Å². The molecule has 0 bridgehead atoms. The summed E-state index contributed by atoms with van der Waals surface area (Å²) in [6.07, 6.45) is 5.14. The maximum absolute atomic E-state index is 12.4. The number of amides is 1. The SMILES string of the molecule is O=C(CN1CCS(=O)(=O)CC1)N1CCCC(n2cncn2)C1. The van der Waals surface area contributed by atoms with Crippen LogP contribution in [0.15, 0.2) is 12.7 Å². The van der Waals surface area contributed by atoms with Crippen LogP contribution in [0.4, 0.5) is 0 Å². The maximum atomic E-state index is 12.4. The van der Waals surface area contributed by atoms with E-state index in [1.807, 2.05) is 14.5 Å². The average molecular weight is 327 g/mol. The molecule has 2 aliphatic rings. The number of nitrogens with zero attached hydrogens (tertiary/aromatic N) is 5. The van der Waals surface area contributed by atoms with Gasteiger partial charge < -0.3 is 4.90 Å². The Kier molecular flexibility index (Phi) is 4.44. The molecule has 2 saturated heterocycles. The van der Waals surface area contributed by atoms with Crippen LogP contribution >= 0.6 is 0 Å². The van der Waals surface area contributed by atoms with E-state index in [0.717, 1.165) is 19.4 Å². The van der Waals surface area contributed by atoms with E-state index in [1.165, 1.54) is 6.33 Å². The van der Waals surface area contributed by atoms with Gasteiger partial charge in [-0.25, -0.2) is 18.1 Å². The quantitative estimate of drug-likeness (QED) is 0.720. The molecule has 0 spiro atoms. The predicted octanol–water partition coefficient (Wildman–Crippen LogP) is -0.828. The van der Waals surface area contributed by atoms with Gasteiger partial charge in [0.25, 0.3) is 0 Å². The summed E-state index contributed by atoms with van der Waals surface area (Å²) in [7, 11) is -2.90. The van der Waals surface area contributed by atoms with Crippen molar-refractivity contribution in [2.75, 3.05) is 44.2 Å². The highest BCUT2D eigenvalue weighted by Gasteiger charge is 2.28. The molecule has 0 aliphatic carbocycles. The Bertz CT molecular complexity index is 602. The molecule has 2 aliphatic heterocycles. The molecule has 0 saturated carbocycles. The van der Waals surface area contributed by atoms with E-state index in [2.05, 4.69) is 10.1 Å². The van der Waals surface area contributed by atoms with Crippen molar-refractivity contribution < 1.29 is 13.2 Å². The van der Waals surface area contributed by atoms with E-state index < -0.39 is 9.84 Å². The summed E-state index contributed by atoms with van der Waals surface area (Å²) in [5.41, 5.74) is 0. The van der Waals surface area contributed by atoms with Crippen LogP contribution in [-0.4, -0.2) is 83.1 Å². The smallest absolute Gasteiger partial charge is 0.236 e. The van der Waals surface area contributed by atoms with Crippen molar-refractivity contribution in [3.8, 4) is 0 Å². The fourth-order valence-electron chi connectivity index (χ4n) is 3.00. The van der Waals surface area contributed by atoms with E-state index in [1.54, 1.807) is 6.33 Å².